The number of hydrogen-bond acceptors (Lipinski definition) is 5. The second-order valence-corrected chi connectivity index (χ2v) is 6.66. The SMILES string of the molecule is [2H]C([2H])([2H])OC1(C)CCN(C2=C(C#N)C(=O)Cc3cnc(CC)cc32)CC1. The zero-order valence-electron chi connectivity index (χ0n) is 17.1. The highest BCUT2D eigenvalue weighted by Crippen LogP contribution is 2.36. The van der Waals surface area contributed by atoms with Crippen LogP contribution in [0.4, 0.5) is 0 Å². The molecule has 0 saturated carbocycles. The second kappa shape index (κ2) is 6.37. The van der Waals surface area contributed by atoms with E-state index in [2.05, 4.69) is 11.1 Å². The molecule has 0 radical (unpaired) electrons. The van der Waals surface area contributed by atoms with Gasteiger partial charge in [-0.2, -0.15) is 5.26 Å². The van der Waals surface area contributed by atoms with Gasteiger partial charge in [0.05, 0.1) is 15.4 Å². The lowest BCUT2D eigenvalue weighted by atomic mass is 9.86. The van der Waals surface area contributed by atoms with Crippen LogP contribution < -0.4 is 0 Å². The van der Waals surface area contributed by atoms with Crippen molar-refractivity contribution in [1.82, 2.24) is 9.88 Å². The Bertz CT molecular complexity index is 832. The van der Waals surface area contributed by atoms with E-state index in [9.17, 15) is 10.1 Å². The molecular formula is C19H23N3O2. The van der Waals surface area contributed by atoms with Crippen molar-refractivity contribution in [2.45, 2.75) is 45.1 Å². The molecule has 1 aliphatic carbocycles. The van der Waals surface area contributed by atoms with Crippen molar-refractivity contribution >= 4 is 11.5 Å². The number of carbonyl (C=O) groups excluding carboxylic acids is 1. The zero-order chi connectivity index (χ0) is 19.8. The van der Waals surface area contributed by atoms with Crippen LogP contribution in [-0.4, -0.2) is 41.4 Å². The number of rotatable bonds is 3. The Labute approximate surface area is 147 Å². The predicted molar refractivity (Wildman–Crippen MR) is 91.1 cm³/mol. The standard InChI is InChI=1S/C19H23N3O2/c1-4-14-10-15-13(12-21-14)9-17(23)16(11-20)18(15)22-7-5-19(2,24-3)6-8-22/h10,12H,4-9H2,1-3H3/i3D3. The molecule has 2 heterocycles. The summed E-state index contributed by atoms with van der Waals surface area (Å²) in [5.41, 5.74) is 2.71. The lowest BCUT2D eigenvalue weighted by Gasteiger charge is -2.41. The maximum absolute atomic E-state index is 12.5. The van der Waals surface area contributed by atoms with Gasteiger partial charge in [-0.1, -0.05) is 6.92 Å². The van der Waals surface area contributed by atoms with E-state index >= 15 is 0 Å². The summed E-state index contributed by atoms with van der Waals surface area (Å²) in [4.78, 5) is 18.9. The number of aromatic nitrogens is 1. The summed E-state index contributed by atoms with van der Waals surface area (Å²) in [6, 6.07) is 4.04. The van der Waals surface area contributed by atoms with Crippen LogP contribution in [0.15, 0.2) is 17.8 Å². The molecule has 1 saturated heterocycles. The Balaban J connectivity index is 1.93. The van der Waals surface area contributed by atoms with Gasteiger partial charge in [0.15, 0.2) is 5.78 Å². The fourth-order valence-corrected chi connectivity index (χ4v) is 3.36. The molecule has 0 N–H and O–H groups in total. The highest BCUT2D eigenvalue weighted by atomic mass is 16.5. The molecule has 24 heavy (non-hydrogen) atoms. The number of likely N-dealkylation sites (tertiary alicyclic amines) is 1. The average molecular weight is 328 g/mol. The van der Waals surface area contributed by atoms with Gasteiger partial charge < -0.3 is 9.64 Å². The van der Waals surface area contributed by atoms with Crippen LogP contribution in [0, 0.1) is 11.3 Å². The van der Waals surface area contributed by atoms with Crippen LogP contribution in [0.2, 0.25) is 0 Å². The van der Waals surface area contributed by atoms with Crippen LogP contribution in [0.5, 0.6) is 0 Å². The molecule has 1 fully saturated rings. The normalized spacial score (nSPS) is 22.3. The third-order valence-electron chi connectivity index (χ3n) is 5.02. The van der Waals surface area contributed by atoms with Gasteiger partial charge in [0.25, 0.3) is 0 Å². The van der Waals surface area contributed by atoms with E-state index in [-0.39, 0.29) is 17.8 Å². The number of aryl methyl sites for hydroxylation is 1. The van der Waals surface area contributed by atoms with E-state index in [1.54, 1.807) is 13.1 Å². The fourth-order valence-electron chi connectivity index (χ4n) is 3.36. The molecule has 0 spiro atoms. The van der Waals surface area contributed by atoms with Gasteiger partial charge in [-0.05, 0) is 37.8 Å². The first-order valence-corrected chi connectivity index (χ1v) is 8.26. The topological polar surface area (TPSA) is 66.2 Å². The summed E-state index contributed by atoms with van der Waals surface area (Å²) in [6.45, 7) is 4.85. The molecule has 1 aromatic heterocycles. The van der Waals surface area contributed by atoms with Gasteiger partial charge in [0.1, 0.15) is 11.6 Å². The molecule has 5 nitrogen and oxygen atoms in total. The van der Waals surface area contributed by atoms with Crippen molar-refractivity contribution in [3.63, 3.8) is 0 Å². The lowest BCUT2D eigenvalue weighted by molar-refractivity contribution is -0.114. The van der Waals surface area contributed by atoms with Crippen LogP contribution in [-0.2, 0) is 22.4 Å². The van der Waals surface area contributed by atoms with Crippen LogP contribution >= 0.6 is 0 Å². The van der Waals surface area contributed by atoms with E-state index in [1.165, 1.54) is 0 Å². The number of nitrogens with zero attached hydrogens (tertiary/aromatic N) is 3. The Morgan fingerprint density at radius 1 is 1.50 bits per heavy atom. The van der Waals surface area contributed by atoms with Crippen molar-refractivity contribution in [2.24, 2.45) is 0 Å². The molecule has 0 unspecified atom stereocenters. The van der Waals surface area contributed by atoms with Crippen molar-refractivity contribution in [3.8, 4) is 6.07 Å². The first kappa shape index (κ1) is 13.1. The summed E-state index contributed by atoms with van der Waals surface area (Å²) in [5.74, 6) is -0.196. The minimum atomic E-state index is -2.44. The third kappa shape index (κ3) is 2.83. The Morgan fingerprint density at radius 2 is 2.25 bits per heavy atom. The molecule has 0 aromatic carbocycles. The summed E-state index contributed by atoms with van der Waals surface area (Å²) in [7, 11) is -2.44. The summed E-state index contributed by atoms with van der Waals surface area (Å²) in [6.07, 6.45) is 3.69. The van der Waals surface area contributed by atoms with Crippen LogP contribution in [0.25, 0.3) is 5.70 Å². The van der Waals surface area contributed by atoms with Crippen LogP contribution in [0.1, 0.15) is 47.6 Å². The Morgan fingerprint density at radius 3 is 2.88 bits per heavy atom. The van der Waals surface area contributed by atoms with Gasteiger partial charge in [0.2, 0.25) is 0 Å². The van der Waals surface area contributed by atoms with Gasteiger partial charge in [0, 0.05) is 44.0 Å². The van der Waals surface area contributed by atoms with Crippen molar-refractivity contribution in [1.29, 1.82) is 5.26 Å². The summed E-state index contributed by atoms with van der Waals surface area (Å²) in [5, 5.41) is 9.60. The Kier molecular flexibility index (Phi) is 3.49. The maximum Gasteiger partial charge on any atom is 0.179 e. The quantitative estimate of drug-likeness (QED) is 0.853. The lowest BCUT2D eigenvalue weighted by Crippen LogP contribution is -2.43. The number of ketones is 1. The molecule has 5 heteroatoms. The van der Waals surface area contributed by atoms with Gasteiger partial charge in [-0.3, -0.25) is 9.78 Å². The number of piperidine rings is 1. The van der Waals surface area contributed by atoms with E-state index in [0.717, 1.165) is 23.2 Å². The minimum Gasteiger partial charge on any atom is -0.378 e. The zero-order valence-corrected chi connectivity index (χ0v) is 14.1. The van der Waals surface area contributed by atoms with E-state index in [1.807, 2.05) is 17.9 Å². The number of methoxy groups -OCH3 is 1. The van der Waals surface area contributed by atoms with E-state index in [0.29, 0.717) is 31.6 Å². The van der Waals surface area contributed by atoms with E-state index < -0.39 is 12.6 Å². The molecule has 126 valence electrons. The molecule has 0 amide bonds. The van der Waals surface area contributed by atoms with Gasteiger partial charge in [-0.25, -0.2) is 0 Å². The van der Waals surface area contributed by atoms with Gasteiger partial charge >= 0.3 is 0 Å². The van der Waals surface area contributed by atoms with Crippen molar-refractivity contribution in [3.05, 3.63) is 34.7 Å². The number of ether oxygens (including phenoxy) is 1. The number of Topliss-reactive ketones (excluding diaryl/α,β-unsaturated/α-hetero) is 1. The van der Waals surface area contributed by atoms with Crippen molar-refractivity contribution < 1.29 is 13.6 Å². The number of carbonyl (C=O) groups is 1. The number of allylic oxidation sites excluding steroid dienone is 1. The molecule has 3 rings (SSSR count). The monoisotopic (exact) mass is 328 g/mol. The summed E-state index contributed by atoms with van der Waals surface area (Å²) < 4.78 is 27.4. The number of fused-ring (bicyclic) bond motifs is 1. The molecule has 0 bridgehead atoms. The molecule has 1 aromatic rings. The summed E-state index contributed by atoms with van der Waals surface area (Å²) >= 11 is 0. The van der Waals surface area contributed by atoms with E-state index in [4.69, 9.17) is 8.85 Å². The second-order valence-electron chi connectivity index (χ2n) is 6.66. The minimum absolute atomic E-state index is 0.177. The van der Waals surface area contributed by atoms with Crippen LogP contribution in [0.3, 0.4) is 0 Å². The molecule has 2 aliphatic rings. The molecule has 0 atom stereocenters. The number of pyridine rings is 1. The number of hydrogen-bond donors (Lipinski definition) is 0. The maximum atomic E-state index is 12.5. The predicted octanol–water partition coefficient (Wildman–Crippen LogP) is 2.50. The highest BCUT2D eigenvalue weighted by molar-refractivity contribution is 6.09. The highest BCUT2D eigenvalue weighted by Gasteiger charge is 2.35. The number of nitriles is 1. The third-order valence-corrected chi connectivity index (χ3v) is 5.02. The van der Waals surface area contributed by atoms with Gasteiger partial charge in [-0.15, -0.1) is 0 Å². The smallest absolute Gasteiger partial charge is 0.179 e. The molecule has 1 aliphatic heterocycles. The first-order chi connectivity index (χ1) is 12.7. The Hall–Kier alpha value is -2.19. The fraction of sp³-hybridized carbons (Fsp3) is 0.526. The molecular weight excluding hydrogens is 302 g/mol. The average Bonchev–Trinajstić information content (AvgIpc) is 2.59. The largest absolute Gasteiger partial charge is 0.378 e. The van der Waals surface area contributed by atoms with Crippen molar-refractivity contribution in [2.75, 3.05) is 20.1 Å². The first-order valence-electron chi connectivity index (χ1n) is 9.76.